The Hall–Kier alpha value is -2.35. The van der Waals surface area contributed by atoms with E-state index in [0.717, 1.165) is 47.8 Å². The number of sulfonamides is 2. The van der Waals surface area contributed by atoms with Gasteiger partial charge in [0.25, 0.3) is 5.69 Å². The molecule has 218 valence electrons. The van der Waals surface area contributed by atoms with E-state index < -0.39 is 42.8 Å². The first-order chi connectivity index (χ1) is 18.3. The molecule has 0 saturated carbocycles. The number of piperidine rings is 1. The Bertz CT molecular complexity index is 1260. The third-order valence-electron chi connectivity index (χ3n) is 7.26. The number of benzene rings is 1. The number of hydrogen-bond donors (Lipinski definition) is 0. The Balaban J connectivity index is 2.00. The van der Waals surface area contributed by atoms with Crippen molar-refractivity contribution in [3.05, 3.63) is 46.5 Å². The summed E-state index contributed by atoms with van der Waals surface area (Å²) in [6.07, 6.45) is 6.40. The molecule has 2 aliphatic heterocycles. The molecule has 0 radical (unpaired) electrons. The van der Waals surface area contributed by atoms with Crippen LogP contribution in [0, 0.1) is 22.0 Å². The molecule has 0 aromatic heterocycles. The number of carbonyl (C=O) groups excluding carboxylic acids is 1. The molecule has 3 rings (SSSR count). The minimum absolute atomic E-state index is 0.0322. The fourth-order valence-electron chi connectivity index (χ4n) is 5.11. The highest BCUT2D eigenvalue weighted by Gasteiger charge is 2.42. The molecule has 1 aromatic carbocycles. The molecule has 2 atom stereocenters. The van der Waals surface area contributed by atoms with Gasteiger partial charge in [-0.1, -0.05) is 39.8 Å². The van der Waals surface area contributed by atoms with Crippen LogP contribution in [0.5, 0.6) is 0 Å². The lowest BCUT2D eigenvalue weighted by Crippen LogP contribution is -2.55. The Morgan fingerprint density at radius 1 is 1.03 bits per heavy atom. The molecule has 2 aliphatic rings. The van der Waals surface area contributed by atoms with Crippen molar-refractivity contribution in [2.24, 2.45) is 11.8 Å². The van der Waals surface area contributed by atoms with Gasteiger partial charge < -0.3 is 4.90 Å². The van der Waals surface area contributed by atoms with Crippen molar-refractivity contribution >= 4 is 31.6 Å². The summed E-state index contributed by atoms with van der Waals surface area (Å²) in [5.74, 6) is -0.991. The standard InChI is InChI=1S/C26H40N4O7S2/c1-20(2)18-24(26(31)27-14-6-5-7-15-27)28-16-8-9-17-29(25(21(3)4)19-38(28,34)35)39(36,37)23-12-10-22(11-13-23)30(32)33/h8-13,20-21,24-25H,5-7,14-19H2,1-4H3/b9-8-/t24-,25+/m0/s1. The van der Waals surface area contributed by atoms with E-state index >= 15 is 0 Å². The van der Waals surface area contributed by atoms with Crippen LogP contribution in [0.25, 0.3) is 0 Å². The average molecular weight is 585 g/mol. The molecule has 0 aliphatic carbocycles. The number of likely N-dealkylation sites (tertiary alicyclic amines) is 1. The van der Waals surface area contributed by atoms with Crippen LogP contribution in [0.4, 0.5) is 5.69 Å². The molecule has 1 amide bonds. The molecule has 0 bridgehead atoms. The highest BCUT2D eigenvalue weighted by atomic mass is 32.2. The van der Waals surface area contributed by atoms with E-state index in [1.165, 1.54) is 4.31 Å². The summed E-state index contributed by atoms with van der Waals surface area (Å²) >= 11 is 0. The quantitative estimate of drug-likeness (QED) is 0.260. The van der Waals surface area contributed by atoms with Gasteiger partial charge in [0.15, 0.2) is 0 Å². The lowest BCUT2D eigenvalue weighted by Gasteiger charge is -2.37. The number of hydrogen-bond acceptors (Lipinski definition) is 7. The van der Waals surface area contributed by atoms with Crippen LogP contribution < -0.4 is 0 Å². The molecule has 1 fully saturated rings. The minimum atomic E-state index is -4.19. The maximum Gasteiger partial charge on any atom is 0.269 e. The summed E-state index contributed by atoms with van der Waals surface area (Å²) in [6, 6.07) is 2.76. The van der Waals surface area contributed by atoms with Crippen LogP contribution in [0.1, 0.15) is 53.4 Å². The third-order valence-corrected chi connectivity index (χ3v) is 11.1. The molecule has 0 N–H and O–H groups in total. The summed E-state index contributed by atoms with van der Waals surface area (Å²) in [7, 11) is -8.28. The monoisotopic (exact) mass is 584 g/mol. The van der Waals surface area contributed by atoms with Gasteiger partial charge in [0.1, 0.15) is 6.04 Å². The smallest absolute Gasteiger partial charge is 0.269 e. The summed E-state index contributed by atoms with van der Waals surface area (Å²) in [6.45, 7) is 8.52. The lowest BCUT2D eigenvalue weighted by atomic mass is 10.0. The van der Waals surface area contributed by atoms with Gasteiger partial charge in [0.2, 0.25) is 26.0 Å². The molecule has 13 heteroatoms. The fraction of sp³-hybridized carbons (Fsp3) is 0.654. The second kappa shape index (κ2) is 12.9. The average Bonchev–Trinajstić information content (AvgIpc) is 2.94. The first kappa shape index (κ1) is 31.2. The van der Waals surface area contributed by atoms with Gasteiger partial charge >= 0.3 is 0 Å². The normalized spacial score (nSPS) is 23.1. The Morgan fingerprint density at radius 2 is 1.62 bits per heavy atom. The van der Waals surface area contributed by atoms with Gasteiger partial charge in [-0.15, -0.1) is 0 Å². The molecular formula is C26H40N4O7S2. The maximum absolute atomic E-state index is 14.0. The van der Waals surface area contributed by atoms with E-state index in [9.17, 15) is 31.7 Å². The molecule has 0 spiro atoms. The van der Waals surface area contributed by atoms with Crippen LogP contribution in [0.2, 0.25) is 0 Å². The highest BCUT2D eigenvalue weighted by molar-refractivity contribution is 7.90. The zero-order chi connectivity index (χ0) is 29.0. The molecule has 39 heavy (non-hydrogen) atoms. The van der Waals surface area contributed by atoms with Crippen LogP contribution >= 0.6 is 0 Å². The molecule has 0 unspecified atom stereocenters. The largest absolute Gasteiger partial charge is 0.341 e. The molecular weight excluding hydrogens is 544 g/mol. The van der Waals surface area contributed by atoms with E-state index in [2.05, 4.69) is 0 Å². The summed E-state index contributed by atoms with van der Waals surface area (Å²) in [5.41, 5.74) is -0.244. The van der Waals surface area contributed by atoms with E-state index in [0.29, 0.717) is 19.5 Å². The van der Waals surface area contributed by atoms with E-state index in [-0.39, 0.29) is 41.4 Å². The molecule has 1 saturated heterocycles. The van der Waals surface area contributed by atoms with E-state index in [4.69, 9.17) is 0 Å². The van der Waals surface area contributed by atoms with Crippen LogP contribution in [-0.4, -0.2) is 85.2 Å². The van der Waals surface area contributed by atoms with Crippen molar-refractivity contribution in [3.63, 3.8) is 0 Å². The van der Waals surface area contributed by atoms with Crippen molar-refractivity contribution in [1.29, 1.82) is 0 Å². The SMILES string of the molecule is CC(C)C[C@@H](C(=O)N1CCCCC1)N1C/C=C\CN(S(=O)(=O)c2ccc([N+](=O)[O-])cc2)[C@@H](C(C)C)CS1(=O)=O. The topological polar surface area (TPSA) is 138 Å². The number of amides is 1. The summed E-state index contributed by atoms with van der Waals surface area (Å²) in [5, 5.41) is 11.0. The first-order valence-electron chi connectivity index (χ1n) is 13.4. The highest BCUT2D eigenvalue weighted by Crippen LogP contribution is 2.28. The van der Waals surface area contributed by atoms with E-state index in [1.54, 1.807) is 30.9 Å². The number of nitro benzene ring substituents is 1. The van der Waals surface area contributed by atoms with E-state index in [1.807, 2.05) is 13.8 Å². The van der Waals surface area contributed by atoms with Crippen molar-refractivity contribution in [3.8, 4) is 0 Å². The fourth-order valence-corrected chi connectivity index (χ4v) is 8.98. The van der Waals surface area contributed by atoms with Crippen molar-refractivity contribution in [2.75, 3.05) is 31.9 Å². The zero-order valence-corrected chi connectivity index (χ0v) is 24.7. The molecule has 1 aromatic rings. The van der Waals surface area contributed by atoms with Crippen molar-refractivity contribution in [1.82, 2.24) is 13.5 Å². The number of non-ortho nitro benzene ring substituents is 1. The van der Waals surface area contributed by atoms with Gasteiger partial charge in [-0.2, -0.15) is 8.61 Å². The Morgan fingerprint density at radius 3 is 2.15 bits per heavy atom. The maximum atomic E-state index is 14.0. The summed E-state index contributed by atoms with van der Waals surface area (Å²) < 4.78 is 57.8. The third kappa shape index (κ3) is 7.44. The molecule has 2 heterocycles. The predicted octanol–water partition coefficient (Wildman–Crippen LogP) is 3.24. The number of nitrogens with zero attached hydrogens (tertiary/aromatic N) is 4. The lowest BCUT2D eigenvalue weighted by molar-refractivity contribution is -0.384. The van der Waals surface area contributed by atoms with Gasteiger partial charge in [0.05, 0.1) is 15.6 Å². The number of nitro groups is 1. The second-order valence-electron chi connectivity index (χ2n) is 11.0. The van der Waals surface area contributed by atoms with Gasteiger partial charge in [0, 0.05) is 44.4 Å². The van der Waals surface area contributed by atoms with Gasteiger partial charge in [-0.25, -0.2) is 16.8 Å². The summed E-state index contributed by atoms with van der Waals surface area (Å²) in [4.78, 5) is 25.7. The van der Waals surface area contributed by atoms with Crippen molar-refractivity contribution < 1.29 is 26.6 Å². The Labute approximate surface area is 232 Å². The number of rotatable bonds is 8. The zero-order valence-electron chi connectivity index (χ0n) is 23.1. The van der Waals surface area contributed by atoms with Gasteiger partial charge in [-0.3, -0.25) is 14.9 Å². The van der Waals surface area contributed by atoms with Gasteiger partial charge in [-0.05, 0) is 49.7 Å². The number of carbonyl (C=O) groups is 1. The predicted molar refractivity (Wildman–Crippen MR) is 149 cm³/mol. The van der Waals surface area contributed by atoms with Crippen LogP contribution in [-0.2, 0) is 24.8 Å². The van der Waals surface area contributed by atoms with Crippen molar-refractivity contribution in [2.45, 2.75) is 70.4 Å². The first-order valence-corrected chi connectivity index (χ1v) is 16.5. The molecule has 11 nitrogen and oxygen atoms in total. The van der Waals surface area contributed by atoms with Crippen LogP contribution in [0.15, 0.2) is 41.3 Å². The Kier molecular flexibility index (Phi) is 10.3. The second-order valence-corrected chi connectivity index (χ2v) is 14.8. The minimum Gasteiger partial charge on any atom is -0.341 e. The van der Waals surface area contributed by atoms with Crippen LogP contribution in [0.3, 0.4) is 0 Å².